The Morgan fingerprint density at radius 1 is 1.41 bits per heavy atom. The predicted molar refractivity (Wildman–Crippen MR) is 85.2 cm³/mol. The summed E-state index contributed by atoms with van der Waals surface area (Å²) in [5.74, 6) is 0.348. The van der Waals surface area contributed by atoms with Crippen molar-refractivity contribution in [2.75, 3.05) is 29.8 Å². The Kier molecular flexibility index (Phi) is 4.12. The molecule has 1 aliphatic heterocycles. The lowest BCUT2D eigenvalue weighted by molar-refractivity contribution is 0.588. The molecule has 5 nitrogen and oxygen atoms in total. The van der Waals surface area contributed by atoms with Gasteiger partial charge in [0.05, 0.1) is 23.9 Å². The predicted octanol–water partition coefficient (Wildman–Crippen LogP) is 2.42. The van der Waals surface area contributed by atoms with E-state index in [4.69, 9.17) is 11.6 Å². The molecule has 0 N–H and O–H groups in total. The molecule has 0 amide bonds. The third kappa shape index (κ3) is 2.71. The van der Waals surface area contributed by atoms with Gasteiger partial charge in [0.1, 0.15) is 17.9 Å². The highest BCUT2D eigenvalue weighted by atomic mass is 35.5. The van der Waals surface area contributed by atoms with Gasteiger partial charge in [-0.1, -0.05) is 17.7 Å². The highest BCUT2D eigenvalue weighted by Crippen LogP contribution is 2.34. The van der Waals surface area contributed by atoms with Crippen LogP contribution in [0.1, 0.15) is 5.56 Å². The molecule has 1 unspecified atom stereocenters. The van der Waals surface area contributed by atoms with Gasteiger partial charge in [0.25, 0.3) is 0 Å². The fourth-order valence-electron chi connectivity index (χ4n) is 2.48. The Morgan fingerprint density at radius 2 is 2.18 bits per heavy atom. The van der Waals surface area contributed by atoms with Gasteiger partial charge in [-0.25, -0.2) is 4.39 Å². The first kappa shape index (κ1) is 15.3. The number of hydrogen-bond acceptors (Lipinski definition) is 5. The summed E-state index contributed by atoms with van der Waals surface area (Å²) < 4.78 is 25.6. The molecular weight excluding hydrogens is 327 g/mol. The minimum absolute atomic E-state index is 0.294. The van der Waals surface area contributed by atoms with Crippen molar-refractivity contribution in [2.24, 2.45) is 0 Å². The Morgan fingerprint density at radius 3 is 2.86 bits per heavy atom. The second-order valence-electron chi connectivity index (χ2n) is 5.06. The van der Waals surface area contributed by atoms with E-state index in [9.17, 15) is 8.94 Å². The molecule has 8 heteroatoms. The number of benzene rings is 1. The van der Waals surface area contributed by atoms with Crippen LogP contribution in [0.3, 0.4) is 0 Å². The van der Waals surface area contributed by atoms with Crippen LogP contribution in [0.2, 0.25) is 5.02 Å². The molecule has 0 saturated heterocycles. The van der Waals surface area contributed by atoms with Gasteiger partial charge in [-0.15, -0.1) is 0 Å². The molecule has 3 rings (SSSR count). The Labute approximate surface area is 135 Å². The van der Waals surface area contributed by atoms with Crippen LogP contribution in [0.5, 0.6) is 0 Å². The minimum Gasteiger partial charge on any atom is -0.609 e. The maximum absolute atomic E-state index is 14.1. The van der Waals surface area contributed by atoms with E-state index < -0.39 is 11.2 Å². The summed E-state index contributed by atoms with van der Waals surface area (Å²) in [7, 11) is 1.84. The number of halogens is 2. The summed E-state index contributed by atoms with van der Waals surface area (Å²) in [5, 5.41) is 0.659. The van der Waals surface area contributed by atoms with Gasteiger partial charge in [0.2, 0.25) is 0 Å². The number of rotatable bonds is 2. The van der Waals surface area contributed by atoms with Gasteiger partial charge in [-0.05, 0) is 12.1 Å². The first-order valence-corrected chi connectivity index (χ1v) is 8.50. The molecule has 0 saturated carbocycles. The lowest BCUT2D eigenvalue weighted by Gasteiger charge is -2.36. The van der Waals surface area contributed by atoms with E-state index in [1.807, 2.05) is 16.8 Å². The van der Waals surface area contributed by atoms with Crippen molar-refractivity contribution in [2.45, 2.75) is 11.7 Å². The van der Waals surface area contributed by atoms with E-state index in [1.165, 1.54) is 12.3 Å². The largest absolute Gasteiger partial charge is 0.609 e. The van der Waals surface area contributed by atoms with Gasteiger partial charge in [0, 0.05) is 30.0 Å². The smallest absolute Gasteiger partial charge is 0.344 e. The number of para-hydroxylation sites is 1. The molecular formula is C14H14ClFN4OS. The summed E-state index contributed by atoms with van der Waals surface area (Å²) in [4.78, 5) is 12.1. The third-order valence-electron chi connectivity index (χ3n) is 3.44. The van der Waals surface area contributed by atoms with Crippen molar-refractivity contribution < 1.29 is 8.94 Å². The summed E-state index contributed by atoms with van der Waals surface area (Å²) in [6.07, 6.45) is 3.17. The van der Waals surface area contributed by atoms with Crippen LogP contribution in [0.15, 0.2) is 29.6 Å². The summed E-state index contributed by atoms with van der Waals surface area (Å²) in [6.45, 7) is 0.872. The second-order valence-corrected chi connectivity index (χ2v) is 6.74. The van der Waals surface area contributed by atoms with Crippen LogP contribution in [0.25, 0.3) is 0 Å². The zero-order chi connectivity index (χ0) is 15.9. The maximum Gasteiger partial charge on any atom is 0.344 e. The normalized spacial score (nSPS) is 15.7. The van der Waals surface area contributed by atoms with Crippen molar-refractivity contribution >= 4 is 34.3 Å². The molecule has 2 heterocycles. The van der Waals surface area contributed by atoms with Gasteiger partial charge < -0.3 is 14.4 Å². The topological polar surface area (TPSA) is 55.3 Å². The van der Waals surface area contributed by atoms with Crippen molar-refractivity contribution in [3.05, 3.63) is 40.8 Å². The molecule has 0 spiro atoms. The molecule has 0 bridgehead atoms. The van der Waals surface area contributed by atoms with Gasteiger partial charge in [-0.2, -0.15) is 9.97 Å². The molecule has 1 atom stereocenters. The van der Waals surface area contributed by atoms with Gasteiger partial charge in [-0.3, -0.25) is 0 Å². The quantitative estimate of drug-likeness (QED) is 0.621. The van der Waals surface area contributed by atoms with Crippen LogP contribution in [-0.4, -0.2) is 34.5 Å². The van der Waals surface area contributed by atoms with E-state index in [0.717, 1.165) is 5.56 Å². The average molecular weight is 341 g/mol. The van der Waals surface area contributed by atoms with E-state index in [-0.39, 0.29) is 5.82 Å². The lowest BCUT2D eigenvalue weighted by Crippen LogP contribution is -2.41. The zero-order valence-electron chi connectivity index (χ0n) is 12.1. The van der Waals surface area contributed by atoms with Crippen LogP contribution in [0, 0.1) is 5.82 Å². The van der Waals surface area contributed by atoms with Crippen LogP contribution in [-0.2, 0) is 17.7 Å². The Balaban J connectivity index is 1.98. The zero-order valence-corrected chi connectivity index (χ0v) is 13.7. The van der Waals surface area contributed by atoms with Crippen molar-refractivity contribution in [1.82, 2.24) is 9.97 Å². The van der Waals surface area contributed by atoms with Crippen molar-refractivity contribution in [3.63, 3.8) is 0 Å². The molecule has 2 aromatic rings. The number of fused-ring (bicyclic) bond motifs is 1. The summed E-state index contributed by atoms with van der Waals surface area (Å²) >= 11 is 4.90. The first-order chi connectivity index (χ1) is 10.5. The maximum atomic E-state index is 14.1. The summed E-state index contributed by atoms with van der Waals surface area (Å²) in [6, 6.07) is 4.63. The molecule has 1 aliphatic rings. The molecule has 116 valence electrons. The van der Waals surface area contributed by atoms with Gasteiger partial charge >= 0.3 is 5.16 Å². The molecule has 0 fully saturated rings. The first-order valence-electron chi connectivity index (χ1n) is 6.57. The number of anilines is 2. The third-order valence-corrected chi connectivity index (χ3v) is 4.45. The molecule has 0 radical (unpaired) electrons. The van der Waals surface area contributed by atoms with E-state index in [1.54, 1.807) is 18.3 Å². The van der Waals surface area contributed by atoms with E-state index in [2.05, 4.69) is 9.97 Å². The molecule has 1 aromatic heterocycles. The average Bonchev–Trinajstić information content (AvgIpc) is 2.46. The number of nitrogens with zero attached hydrogens (tertiary/aromatic N) is 4. The molecule has 22 heavy (non-hydrogen) atoms. The lowest BCUT2D eigenvalue weighted by atomic mass is 10.2. The standard InChI is InChI=1S/C14H14ClFN4OS/c1-19-8-20(12-10(15)4-3-5-11(12)16)7-9-6-17-14(22(2)21)18-13(9)19/h3-6H,7-8H2,1-2H3. The van der Waals surface area contributed by atoms with Crippen LogP contribution < -0.4 is 9.80 Å². The van der Waals surface area contributed by atoms with E-state index >= 15 is 0 Å². The summed E-state index contributed by atoms with van der Waals surface area (Å²) in [5.41, 5.74) is 1.20. The number of aromatic nitrogens is 2. The fraction of sp³-hybridized carbons (Fsp3) is 0.286. The van der Waals surface area contributed by atoms with Crippen molar-refractivity contribution in [3.8, 4) is 0 Å². The van der Waals surface area contributed by atoms with Gasteiger partial charge in [0.15, 0.2) is 0 Å². The van der Waals surface area contributed by atoms with E-state index in [0.29, 0.717) is 34.9 Å². The highest BCUT2D eigenvalue weighted by molar-refractivity contribution is 7.90. The molecule has 1 aromatic carbocycles. The van der Waals surface area contributed by atoms with Crippen LogP contribution >= 0.6 is 11.6 Å². The molecule has 0 aliphatic carbocycles. The SMILES string of the molecule is CN1CN(c2c(F)cccc2Cl)Cc2cnc([S+](C)[O-])nc21. The Hall–Kier alpha value is -1.57. The highest BCUT2D eigenvalue weighted by Gasteiger charge is 2.26. The monoisotopic (exact) mass is 340 g/mol. The van der Waals surface area contributed by atoms with Crippen molar-refractivity contribution in [1.29, 1.82) is 0 Å². The van der Waals surface area contributed by atoms with Crippen LogP contribution in [0.4, 0.5) is 15.9 Å². The number of hydrogen-bond donors (Lipinski definition) is 0. The second kappa shape index (κ2) is 5.91. The fourth-order valence-corrected chi connectivity index (χ4v) is 3.18. The Bertz CT molecular complexity index is 695. The minimum atomic E-state index is -1.24.